The van der Waals surface area contributed by atoms with E-state index in [9.17, 15) is 19.2 Å². The highest BCUT2D eigenvalue weighted by atomic mass is 32.1. The number of carbonyl (C=O) groups is 3. The van der Waals surface area contributed by atoms with Gasteiger partial charge in [0.15, 0.2) is 6.61 Å². The summed E-state index contributed by atoms with van der Waals surface area (Å²) in [5, 5.41) is 5.23. The zero-order valence-corrected chi connectivity index (χ0v) is 17.2. The Morgan fingerprint density at radius 2 is 2.00 bits per heavy atom. The second kappa shape index (κ2) is 9.17. The number of rotatable bonds is 6. The van der Waals surface area contributed by atoms with E-state index in [2.05, 4.69) is 20.6 Å². The van der Waals surface area contributed by atoms with Gasteiger partial charge in [0.05, 0.1) is 11.8 Å². The van der Waals surface area contributed by atoms with Crippen molar-refractivity contribution in [1.29, 1.82) is 0 Å². The predicted octanol–water partition coefficient (Wildman–Crippen LogP) is 1.57. The molecule has 0 atom stereocenters. The van der Waals surface area contributed by atoms with Crippen molar-refractivity contribution in [2.24, 2.45) is 0 Å². The number of urea groups is 1. The summed E-state index contributed by atoms with van der Waals surface area (Å²) in [7, 11) is 0. The highest BCUT2D eigenvalue weighted by molar-refractivity contribution is 7.18. The number of aryl methyl sites for hydroxylation is 3. The molecule has 0 spiro atoms. The lowest BCUT2D eigenvalue weighted by Crippen LogP contribution is -2.44. The molecule has 0 saturated carbocycles. The Labute approximate surface area is 171 Å². The van der Waals surface area contributed by atoms with Crippen molar-refractivity contribution in [3.05, 3.63) is 26.6 Å². The Hall–Kier alpha value is -2.75. The maximum atomic E-state index is 12.5. The number of nitrogens with one attached hydrogen (secondary N) is 3. The Kier molecular flexibility index (Phi) is 6.63. The number of aromatic nitrogens is 2. The van der Waals surface area contributed by atoms with Crippen LogP contribution in [0.15, 0.2) is 4.79 Å². The van der Waals surface area contributed by atoms with Gasteiger partial charge in [0.2, 0.25) is 0 Å². The Morgan fingerprint density at radius 1 is 1.24 bits per heavy atom. The largest absolute Gasteiger partial charge is 0.456 e. The molecular formula is C19H24N4O5S. The molecule has 9 nitrogen and oxygen atoms in total. The van der Waals surface area contributed by atoms with Gasteiger partial charge in [0.25, 0.3) is 11.5 Å². The van der Waals surface area contributed by atoms with E-state index >= 15 is 0 Å². The van der Waals surface area contributed by atoms with Crippen molar-refractivity contribution >= 4 is 39.5 Å². The fraction of sp³-hybridized carbons (Fsp3) is 0.526. The van der Waals surface area contributed by atoms with Crippen molar-refractivity contribution < 1.29 is 19.1 Å². The average molecular weight is 420 g/mol. The topological polar surface area (TPSA) is 130 Å². The lowest BCUT2D eigenvalue weighted by atomic mass is 9.97. The van der Waals surface area contributed by atoms with E-state index in [0.29, 0.717) is 16.0 Å². The van der Waals surface area contributed by atoms with Gasteiger partial charge in [0, 0.05) is 17.3 Å². The predicted molar refractivity (Wildman–Crippen MR) is 108 cm³/mol. The summed E-state index contributed by atoms with van der Waals surface area (Å²) >= 11 is 1.55. The zero-order valence-electron chi connectivity index (χ0n) is 16.4. The number of hydrogen-bond acceptors (Lipinski definition) is 7. The summed E-state index contributed by atoms with van der Waals surface area (Å²) in [6, 6.07) is -0.763. The van der Waals surface area contributed by atoms with E-state index in [1.165, 1.54) is 4.88 Å². The number of carbonyl (C=O) groups excluding carboxylic acids is 3. The van der Waals surface area contributed by atoms with E-state index in [1.54, 1.807) is 25.2 Å². The molecule has 3 amide bonds. The second-order valence-corrected chi connectivity index (χ2v) is 8.32. The fourth-order valence-corrected chi connectivity index (χ4v) is 4.51. The first-order valence-corrected chi connectivity index (χ1v) is 10.4. The number of nitrogens with zero attached hydrogens (tertiary/aromatic N) is 1. The molecule has 0 fully saturated rings. The third kappa shape index (κ3) is 5.41. The molecule has 3 rings (SSSR count). The van der Waals surface area contributed by atoms with Gasteiger partial charge >= 0.3 is 12.0 Å². The lowest BCUT2D eigenvalue weighted by molar-refractivity contribution is -0.148. The highest BCUT2D eigenvalue weighted by Gasteiger charge is 2.20. The van der Waals surface area contributed by atoms with E-state index in [1.807, 2.05) is 0 Å². The van der Waals surface area contributed by atoms with Crippen LogP contribution in [0.4, 0.5) is 4.79 Å². The number of aromatic amines is 1. The molecular weight excluding hydrogens is 396 g/mol. The van der Waals surface area contributed by atoms with Crippen LogP contribution in [0.3, 0.4) is 0 Å². The van der Waals surface area contributed by atoms with Crippen molar-refractivity contribution in [2.45, 2.75) is 58.4 Å². The van der Waals surface area contributed by atoms with E-state index in [4.69, 9.17) is 4.74 Å². The lowest BCUT2D eigenvalue weighted by Gasteiger charge is -2.09. The molecule has 1 aliphatic carbocycles. The molecule has 2 aromatic heterocycles. The molecule has 1 aliphatic rings. The first-order valence-electron chi connectivity index (χ1n) is 9.63. The summed E-state index contributed by atoms with van der Waals surface area (Å²) in [4.78, 5) is 56.5. The Balaban J connectivity index is 1.52. The minimum Gasteiger partial charge on any atom is -0.456 e. The summed E-state index contributed by atoms with van der Waals surface area (Å²) in [5.41, 5.74) is 0.941. The van der Waals surface area contributed by atoms with Crippen LogP contribution < -0.4 is 16.2 Å². The number of esters is 1. The summed E-state index contributed by atoms with van der Waals surface area (Å²) < 4.78 is 4.87. The van der Waals surface area contributed by atoms with E-state index < -0.39 is 24.5 Å². The molecule has 0 aliphatic heterocycles. The normalized spacial score (nSPS) is 13.2. The monoisotopic (exact) mass is 420 g/mol. The molecule has 0 saturated heterocycles. The van der Waals surface area contributed by atoms with Gasteiger partial charge in [0.1, 0.15) is 10.7 Å². The SMILES string of the molecule is CC(C)NC(=O)NC(=O)COC(=O)CCc1nc2sc3c(c2c(=O)[nH]1)CCCC3. The van der Waals surface area contributed by atoms with Crippen molar-refractivity contribution in [3.8, 4) is 0 Å². The molecule has 0 aromatic carbocycles. The molecule has 156 valence electrons. The number of H-pyrrole nitrogens is 1. The first-order chi connectivity index (χ1) is 13.8. The molecule has 0 unspecified atom stereocenters. The highest BCUT2D eigenvalue weighted by Crippen LogP contribution is 2.33. The van der Waals surface area contributed by atoms with Crippen LogP contribution in [0.1, 0.15) is 49.4 Å². The van der Waals surface area contributed by atoms with Crippen molar-refractivity contribution in [2.75, 3.05) is 6.61 Å². The van der Waals surface area contributed by atoms with E-state index in [0.717, 1.165) is 31.2 Å². The summed E-state index contributed by atoms with van der Waals surface area (Å²) in [5.74, 6) is -0.912. The zero-order chi connectivity index (χ0) is 21.0. The minimum atomic E-state index is -0.714. The van der Waals surface area contributed by atoms with Gasteiger partial charge in [-0.25, -0.2) is 9.78 Å². The third-order valence-corrected chi connectivity index (χ3v) is 5.66. The maximum Gasteiger partial charge on any atom is 0.321 e. The van der Waals surface area contributed by atoms with Crippen molar-refractivity contribution in [3.63, 3.8) is 0 Å². The van der Waals surface area contributed by atoms with Crippen LogP contribution in [0.5, 0.6) is 0 Å². The van der Waals surface area contributed by atoms with Gasteiger partial charge < -0.3 is 15.0 Å². The summed E-state index contributed by atoms with van der Waals surface area (Å²) in [6.45, 7) is 2.96. The quantitative estimate of drug-likeness (QED) is 0.608. The number of ether oxygens (including phenoxy) is 1. The number of fused-ring (bicyclic) bond motifs is 3. The summed E-state index contributed by atoms with van der Waals surface area (Å²) in [6.07, 6.45) is 4.26. The smallest absolute Gasteiger partial charge is 0.321 e. The fourth-order valence-electron chi connectivity index (χ4n) is 3.23. The van der Waals surface area contributed by atoms with Crippen LogP contribution in [-0.2, 0) is 33.6 Å². The Bertz CT molecular complexity index is 994. The Morgan fingerprint density at radius 3 is 2.76 bits per heavy atom. The number of amides is 3. The molecule has 0 radical (unpaired) electrons. The van der Waals surface area contributed by atoms with Crippen LogP contribution in [-0.4, -0.2) is 40.5 Å². The molecule has 0 bridgehead atoms. The molecule has 3 N–H and O–H groups in total. The van der Waals surface area contributed by atoms with Crippen molar-refractivity contribution in [1.82, 2.24) is 20.6 Å². The first kappa shape index (κ1) is 21.0. The third-order valence-electron chi connectivity index (χ3n) is 4.48. The standard InChI is InChI=1S/C19H24N4O5S/c1-10(2)20-19(27)23-14(24)9-28-15(25)8-7-13-21-17(26)16-11-5-3-4-6-12(11)29-18(16)22-13/h10H,3-9H2,1-2H3,(H,21,22,26)(H2,20,23,24,27). The molecule has 2 heterocycles. The number of hydrogen-bond donors (Lipinski definition) is 3. The van der Waals surface area contributed by atoms with Gasteiger partial charge in [-0.05, 0) is 45.1 Å². The molecule has 29 heavy (non-hydrogen) atoms. The van der Waals surface area contributed by atoms with Crippen LogP contribution >= 0.6 is 11.3 Å². The number of thiophene rings is 1. The van der Waals surface area contributed by atoms with Gasteiger partial charge in [-0.1, -0.05) is 0 Å². The number of imide groups is 1. The van der Waals surface area contributed by atoms with Gasteiger partial charge in [-0.15, -0.1) is 11.3 Å². The minimum absolute atomic E-state index is 0.0367. The molecule has 2 aromatic rings. The molecule has 10 heteroatoms. The maximum absolute atomic E-state index is 12.5. The second-order valence-electron chi connectivity index (χ2n) is 7.24. The van der Waals surface area contributed by atoms with Gasteiger partial charge in [-0.2, -0.15) is 0 Å². The van der Waals surface area contributed by atoms with Crippen LogP contribution in [0, 0.1) is 0 Å². The van der Waals surface area contributed by atoms with Gasteiger partial charge in [-0.3, -0.25) is 19.7 Å². The average Bonchev–Trinajstić information content (AvgIpc) is 3.02. The van der Waals surface area contributed by atoms with Crippen LogP contribution in [0.2, 0.25) is 0 Å². The van der Waals surface area contributed by atoms with Crippen LogP contribution in [0.25, 0.3) is 10.2 Å². The van der Waals surface area contributed by atoms with E-state index in [-0.39, 0.29) is 24.4 Å².